The maximum Gasteiger partial charge on any atom is 0.325 e. The van der Waals surface area contributed by atoms with E-state index < -0.39 is 0 Å². The van der Waals surface area contributed by atoms with Crippen LogP contribution in [0.1, 0.15) is 37.6 Å². The van der Waals surface area contributed by atoms with Crippen LogP contribution < -0.4 is 5.69 Å². The molecule has 1 aromatic heterocycles. The number of nitrogens with one attached hydrogen (secondary N) is 1. The lowest BCUT2D eigenvalue weighted by Crippen LogP contribution is -2.30. The number of aryl methyl sites for hydroxylation is 1. The van der Waals surface area contributed by atoms with Gasteiger partial charge in [-0.2, -0.15) is 0 Å². The van der Waals surface area contributed by atoms with E-state index in [0.29, 0.717) is 13.0 Å². The standard InChI is InChI=1S/C13H23N3O2/c1-5-6-8-15(4)12(17)7-9-16-11(3)10(2)14-13(16)18/h5-9H2,1-4H3,(H,14,18). The van der Waals surface area contributed by atoms with Crippen LogP contribution in [0.25, 0.3) is 0 Å². The third-order valence-corrected chi connectivity index (χ3v) is 3.31. The minimum absolute atomic E-state index is 0.0913. The van der Waals surface area contributed by atoms with Gasteiger partial charge in [-0.1, -0.05) is 13.3 Å². The van der Waals surface area contributed by atoms with Gasteiger partial charge in [0.2, 0.25) is 5.91 Å². The average molecular weight is 253 g/mol. The van der Waals surface area contributed by atoms with Crippen molar-refractivity contribution < 1.29 is 4.79 Å². The summed E-state index contributed by atoms with van der Waals surface area (Å²) in [4.78, 5) is 27.9. The number of H-pyrrole nitrogens is 1. The number of unbranched alkanes of at least 4 members (excludes halogenated alkanes) is 1. The lowest BCUT2D eigenvalue weighted by molar-refractivity contribution is -0.130. The fourth-order valence-electron chi connectivity index (χ4n) is 1.86. The van der Waals surface area contributed by atoms with E-state index in [4.69, 9.17) is 0 Å². The summed E-state index contributed by atoms with van der Waals surface area (Å²) in [6, 6.07) is 0. The van der Waals surface area contributed by atoms with Gasteiger partial charge in [-0.25, -0.2) is 4.79 Å². The van der Waals surface area contributed by atoms with Crippen LogP contribution in [0.3, 0.4) is 0 Å². The number of aromatic nitrogens is 2. The molecule has 0 fully saturated rings. The highest BCUT2D eigenvalue weighted by molar-refractivity contribution is 5.75. The molecular formula is C13H23N3O2. The predicted molar refractivity (Wildman–Crippen MR) is 71.7 cm³/mol. The Morgan fingerprint density at radius 3 is 2.56 bits per heavy atom. The smallest absolute Gasteiger partial charge is 0.325 e. The van der Waals surface area contributed by atoms with Gasteiger partial charge in [0.25, 0.3) is 0 Å². The zero-order valence-corrected chi connectivity index (χ0v) is 11.7. The molecule has 0 aliphatic carbocycles. The van der Waals surface area contributed by atoms with E-state index in [-0.39, 0.29) is 11.6 Å². The molecular weight excluding hydrogens is 230 g/mol. The molecule has 1 rings (SSSR count). The van der Waals surface area contributed by atoms with Crippen LogP contribution in [-0.4, -0.2) is 34.0 Å². The number of hydrogen-bond donors (Lipinski definition) is 1. The van der Waals surface area contributed by atoms with Crippen molar-refractivity contribution in [1.29, 1.82) is 0 Å². The first-order valence-corrected chi connectivity index (χ1v) is 6.47. The number of nitrogens with zero attached hydrogens (tertiary/aromatic N) is 2. The third kappa shape index (κ3) is 3.48. The van der Waals surface area contributed by atoms with Crippen molar-refractivity contribution >= 4 is 5.91 Å². The SMILES string of the molecule is CCCCN(C)C(=O)CCn1c(C)c(C)[nH]c1=O. The van der Waals surface area contributed by atoms with Crippen LogP contribution in [0.2, 0.25) is 0 Å². The zero-order valence-electron chi connectivity index (χ0n) is 11.7. The minimum Gasteiger partial charge on any atom is -0.346 e. The van der Waals surface area contributed by atoms with Gasteiger partial charge in [0.1, 0.15) is 0 Å². The Morgan fingerprint density at radius 1 is 1.39 bits per heavy atom. The molecule has 0 saturated carbocycles. The normalized spacial score (nSPS) is 10.7. The van der Waals surface area contributed by atoms with Crippen LogP contribution in [0.15, 0.2) is 4.79 Å². The van der Waals surface area contributed by atoms with Crippen molar-refractivity contribution in [3.63, 3.8) is 0 Å². The molecule has 18 heavy (non-hydrogen) atoms. The van der Waals surface area contributed by atoms with E-state index in [0.717, 1.165) is 30.8 Å². The lowest BCUT2D eigenvalue weighted by Gasteiger charge is -2.16. The molecule has 1 amide bonds. The number of hydrogen-bond acceptors (Lipinski definition) is 2. The fraction of sp³-hybridized carbons (Fsp3) is 0.692. The maximum atomic E-state index is 11.9. The molecule has 1 heterocycles. The average Bonchev–Trinajstić information content (AvgIpc) is 2.58. The summed E-state index contributed by atoms with van der Waals surface area (Å²) in [5.41, 5.74) is 1.64. The van der Waals surface area contributed by atoms with Gasteiger partial charge in [-0.15, -0.1) is 0 Å². The fourth-order valence-corrected chi connectivity index (χ4v) is 1.86. The topological polar surface area (TPSA) is 58.1 Å². The lowest BCUT2D eigenvalue weighted by atomic mass is 10.3. The first-order valence-electron chi connectivity index (χ1n) is 6.47. The Hall–Kier alpha value is -1.52. The molecule has 1 N–H and O–H groups in total. The number of carbonyl (C=O) groups excluding carboxylic acids is 1. The van der Waals surface area contributed by atoms with E-state index in [1.807, 2.05) is 20.9 Å². The van der Waals surface area contributed by atoms with Gasteiger partial charge in [0, 0.05) is 37.9 Å². The van der Waals surface area contributed by atoms with Crippen molar-refractivity contribution in [1.82, 2.24) is 14.5 Å². The molecule has 1 aromatic rings. The van der Waals surface area contributed by atoms with E-state index in [9.17, 15) is 9.59 Å². The first kappa shape index (κ1) is 14.5. The van der Waals surface area contributed by atoms with E-state index in [1.165, 1.54) is 0 Å². The second-order valence-corrected chi connectivity index (χ2v) is 4.71. The molecule has 0 saturated heterocycles. The maximum absolute atomic E-state index is 11.9. The van der Waals surface area contributed by atoms with Crippen LogP contribution in [-0.2, 0) is 11.3 Å². The Bertz CT molecular complexity index is 459. The number of amides is 1. The monoisotopic (exact) mass is 253 g/mol. The molecule has 0 atom stereocenters. The molecule has 0 aliphatic rings. The van der Waals surface area contributed by atoms with Crippen LogP contribution in [0.5, 0.6) is 0 Å². The number of imidazole rings is 1. The van der Waals surface area contributed by atoms with Crippen molar-refractivity contribution in [2.45, 2.75) is 46.6 Å². The van der Waals surface area contributed by atoms with Gasteiger partial charge in [-0.3, -0.25) is 9.36 Å². The van der Waals surface area contributed by atoms with Crippen LogP contribution in [0.4, 0.5) is 0 Å². The molecule has 0 bridgehead atoms. The highest BCUT2D eigenvalue weighted by Gasteiger charge is 2.11. The van der Waals surface area contributed by atoms with Crippen LogP contribution >= 0.6 is 0 Å². The number of carbonyl (C=O) groups is 1. The van der Waals surface area contributed by atoms with Crippen molar-refractivity contribution in [3.8, 4) is 0 Å². The van der Waals surface area contributed by atoms with Gasteiger partial charge in [-0.05, 0) is 20.3 Å². The predicted octanol–water partition coefficient (Wildman–Crippen LogP) is 1.44. The number of aromatic amines is 1. The quantitative estimate of drug-likeness (QED) is 0.834. The Labute approximate surface area is 108 Å². The molecule has 0 aliphatic heterocycles. The summed E-state index contributed by atoms with van der Waals surface area (Å²) in [7, 11) is 1.82. The largest absolute Gasteiger partial charge is 0.346 e. The minimum atomic E-state index is -0.131. The van der Waals surface area contributed by atoms with Crippen molar-refractivity contribution in [2.75, 3.05) is 13.6 Å². The van der Waals surface area contributed by atoms with Crippen molar-refractivity contribution in [3.05, 3.63) is 21.9 Å². The molecule has 0 radical (unpaired) electrons. The summed E-state index contributed by atoms with van der Waals surface area (Å²) in [5, 5.41) is 0. The Kier molecular flexibility index (Phi) is 5.19. The highest BCUT2D eigenvalue weighted by atomic mass is 16.2. The van der Waals surface area contributed by atoms with E-state index in [1.54, 1.807) is 9.47 Å². The molecule has 0 spiro atoms. The molecule has 0 aromatic carbocycles. The molecule has 5 heteroatoms. The van der Waals surface area contributed by atoms with Gasteiger partial charge in [0.15, 0.2) is 0 Å². The Morgan fingerprint density at radius 2 is 2.06 bits per heavy atom. The van der Waals surface area contributed by atoms with E-state index >= 15 is 0 Å². The van der Waals surface area contributed by atoms with E-state index in [2.05, 4.69) is 11.9 Å². The molecule has 0 unspecified atom stereocenters. The third-order valence-electron chi connectivity index (χ3n) is 3.31. The van der Waals surface area contributed by atoms with Gasteiger partial charge < -0.3 is 9.88 Å². The van der Waals surface area contributed by atoms with Gasteiger partial charge in [0.05, 0.1) is 0 Å². The summed E-state index contributed by atoms with van der Waals surface area (Å²) in [5.74, 6) is 0.0913. The van der Waals surface area contributed by atoms with Crippen LogP contribution in [0, 0.1) is 13.8 Å². The second-order valence-electron chi connectivity index (χ2n) is 4.71. The number of rotatable bonds is 6. The van der Waals surface area contributed by atoms with Gasteiger partial charge >= 0.3 is 5.69 Å². The summed E-state index contributed by atoms with van der Waals surface area (Å²) in [6.07, 6.45) is 2.47. The summed E-state index contributed by atoms with van der Waals surface area (Å²) >= 11 is 0. The summed E-state index contributed by atoms with van der Waals surface area (Å²) < 4.78 is 1.63. The first-order chi connectivity index (χ1) is 8.47. The van der Waals surface area contributed by atoms with Crippen molar-refractivity contribution in [2.24, 2.45) is 0 Å². The Balaban J connectivity index is 2.55. The second kappa shape index (κ2) is 6.42. The zero-order chi connectivity index (χ0) is 13.7. The summed E-state index contributed by atoms with van der Waals surface area (Å²) in [6.45, 7) is 7.09. The molecule has 102 valence electrons. The highest BCUT2D eigenvalue weighted by Crippen LogP contribution is 2.03. The molecule has 5 nitrogen and oxygen atoms in total.